The highest BCUT2D eigenvalue weighted by Gasteiger charge is 2.25. The minimum Gasteiger partial charge on any atom is -0.396 e. The molecule has 0 bridgehead atoms. The molecule has 7 nitrogen and oxygen atoms in total. The summed E-state index contributed by atoms with van der Waals surface area (Å²) in [6, 6.07) is 0. The van der Waals surface area contributed by atoms with Crippen LogP contribution < -0.4 is 0 Å². The molecule has 2 aliphatic rings. The topological polar surface area (TPSA) is 120 Å². The molecule has 2 fully saturated rings. The Balaban J connectivity index is -0.000000557. The number of aliphatic hydroxyl groups excluding tert-OH is 5. The Kier molecular flexibility index (Phi) is 43.2. The Morgan fingerprint density at radius 3 is 1.48 bits per heavy atom. The van der Waals surface area contributed by atoms with E-state index >= 15 is 0 Å². The van der Waals surface area contributed by atoms with Crippen molar-refractivity contribution in [3.63, 3.8) is 0 Å². The van der Waals surface area contributed by atoms with Crippen molar-refractivity contribution < 1.29 is 35.0 Å². The van der Waals surface area contributed by atoms with Gasteiger partial charge in [0.1, 0.15) is 0 Å². The molecule has 0 radical (unpaired) electrons. The van der Waals surface area contributed by atoms with Crippen LogP contribution in [0.5, 0.6) is 0 Å². The maximum absolute atomic E-state index is 9.57. The predicted molar refractivity (Wildman–Crippen MR) is 215 cm³/mol. The third kappa shape index (κ3) is 34.8. The van der Waals surface area contributed by atoms with Crippen LogP contribution in [0.15, 0.2) is 0 Å². The van der Waals surface area contributed by atoms with Crippen molar-refractivity contribution in [2.75, 3.05) is 33.0 Å². The molecule has 5 N–H and O–H groups in total. The first-order chi connectivity index (χ1) is 23.9. The Bertz CT molecular complexity index is 604. The minimum absolute atomic E-state index is 0.0110. The van der Waals surface area contributed by atoms with Crippen LogP contribution in [0.2, 0.25) is 0 Å². The molecule has 0 heterocycles. The zero-order valence-electron chi connectivity index (χ0n) is 35.2. The van der Waals surface area contributed by atoms with Crippen LogP contribution in [0.25, 0.3) is 0 Å². The molecule has 306 valence electrons. The molecule has 0 spiro atoms. The molecule has 0 saturated heterocycles. The van der Waals surface area contributed by atoms with E-state index in [4.69, 9.17) is 24.8 Å². The number of hydrogen-bond donors (Lipinski definition) is 5. The Labute approximate surface area is 312 Å². The second kappa shape index (κ2) is 39.9. The van der Waals surface area contributed by atoms with Gasteiger partial charge in [0.15, 0.2) is 0 Å². The molecule has 0 aliphatic heterocycles. The van der Waals surface area contributed by atoms with Crippen molar-refractivity contribution in [1.29, 1.82) is 0 Å². The lowest BCUT2D eigenvalue weighted by Gasteiger charge is -2.30. The van der Waals surface area contributed by atoms with Crippen LogP contribution in [-0.4, -0.2) is 83.0 Å². The quantitative estimate of drug-likeness (QED) is 0.0794. The minimum atomic E-state index is -0.267. The molecule has 50 heavy (non-hydrogen) atoms. The summed E-state index contributed by atoms with van der Waals surface area (Å²) in [6.07, 6.45) is 21.3. The molecule has 7 heteroatoms. The largest absolute Gasteiger partial charge is 0.396 e. The van der Waals surface area contributed by atoms with Crippen LogP contribution >= 0.6 is 0 Å². The summed E-state index contributed by atoms with van der Waals surface area (Å²) in [7, 11) is 0. The van der Waals surface area contributed by atoms with Crippen molar-refractivity contribution in [1.82, 2.24) is 0 Å². The van der Waals surface area contributed by atoms with E-state index in [2.05, 4.69) is 55.4 Å². The van der Waals surface area contributed by atoms with Gasteiger partial charge in [0.25, 0.3) is 0 Å². The average Bonchev–Trinajstić information content (AvgIpc) is 3.11. The highest BCUT2D eigenvalue weighted by molar-refractivity contribution is 4.77. The van der Waals surface area contributed by atoms with E-state index in [9.17, 15) is 10.2 Å². The van der Waals surface area contributed by atoms with E-state index in [0.29, 0.717) is 31.0 Å². The summed E-state index contributed by atoms with van der Waals surface area (Å²) in [6.45, 7) is 24.3. The first-order valence-electron chi connectivity index (χ1n) is 21.4. The van der Waals surface area contributed by atoms with Crippen LogP contribution in [0.1, 0.15) is 191 Å². The lowest BCUT2D eigenvalue weighted by atomic mass is 9.79. The maximum Gasteiger partial charge on any atom is 0.0771 e. The van der Waals surface area contributed by atoms with E-state index in [1.54, 1.807) is 0 Å². The molecule has 2 saturated carbocycles. The SMILES string of the molecule is CCCC(O)CC.CCCC1CCC(C)C(O)C1.CCCC1CCC(O)C(C)C1.CCCCOCC(CC)CO.CCCCOCC(O)CC. The summed E-state index contributed by atoms with van der Waals surface area (Å²) >= 11 is 0. The van der Waals surface area contributed by atoms with Crippen LogP contribution in [0.3, 0.4) is 0 Å². The molecule has 0 amide bonds. The predicted octanol–water partition coefficient (Wildman–Crippen LogP) is 10.1. The van der Waals surface area contributed by atoms with Crippen LogP contribution in [0.4, 0.5) is 0 Å². The van der Waals surface area contributed by atoms with Crippen molar-refractivity contribution in [3.8, 4) is 0 Å². The van der Waals surface area contributed by atoms with Gasteiger partial charge in [0.05, 0.1) is 37.6 Å². The highest BCUT2D eigenvalue weighted by atomic mass is 16.5. The molecular formula is C43H92O7. The van der Waals surface area contributed by atoms with Gasteiger partial charge in [0, 0.05) is 25.7 Å². The molecule has 0 aromatic carbocycles. The second-order valence-electron chi connectivity index (χ2n) is 15.3. The van der Waals surface area contributed by atoms with Crippen molar-refractivity contribution >= 4 is 0 Å². The second-order valence-corrected chi connectivity index (χ2v) is 15.3. The molecular weight excluding hydrogens is 628 g/mol. The first-order valence-corrected chi connectivity index (χ1v) is 21.4. The first kappa shape index (κ1) is 54.1. The van der Waals surface area contributed by atoms with E-state index in [-0.39, 0.29) is 31.0 Å². The number of rotatable bonds is 20. The standard InChI is InChI=1S/2C10H20O.C9H20O2.C8H18O2.C6H14O/c1-3-4-9-5-6-10(11)8(2)7-9;1-3-4-9-6-5-8(2)10(11)7-9;1-3-5-6-11-8-9(4-2)7-10;1-3-5-6-10-7-8(9)4-2;1-3-5-6(7)4-2/h2*8-11H,3-7H2,1-2H3;9-10H,3-8H2,1-2H3;8-9H,3-7H2,1-2H3;6-7H,3-5H2,1-2H3. The average molecular weight is 721 g/mol. The van der Waals surface area contributed by atoms with Gasteiger partial charge in [-0.1, -0.05) is 121 Å². The van der Waals surface area contributed by atoms with Crippen molar-refractivity contribution in [3.05, 3.63) is 0 Å². The van der Waals surface area contributed by atoms with Gasteiger partial charge in [-0.3, -0.25) is 0 Å². The molecule has 2 rings (SSSR count). The van der Waals surface area contributed by atoms with Crippen molar-refractivity contribution in [2.45, 2.75) is 216 Å². The third-order valence-electron chi connectivity index (χ3n) is 10.2. The maximum atomic E-state index is 9.57. The van der Waals surface area contributed by atoms with E-state index in [1.807, 2.05) is 13.8 Å². The smallest absolute Gasteiger partial charge is 0.0771 e. The highest BCUT2D eigenvalue weighted by Crippen LogP contribution is 2.32. The zero-order valence-corrected chi connectivity index (χ0v) is 35.2. The molecule has 2 aliphatic carbocycles. The molecule has 0 aromatic heterocycles. The van der Waals surface area contributed by atoms with Crippen LogP contribution in [0, 0.1) is 29.6 Å². The number of ether oxygens (including phenoxy) is 2. The van der Waals surface area contributed by atoms with Crippen LogP contribution in [-0.2, 0) is 9.47 Å². The fourth-order valence-electron chi connectivity index (χ4n) is 6.13. The molecule has 0 aromatic rings. The summed E-state index contributed by atoms with van der Waals surface area (Å²) in [5.41, 5.74) is 0. The normalized spacial score (nSPS) is 24.8. The Morgan fingerprint density at radius 1 is 0.560 bits per heavy atom. The fraction of sp³-hybridized carbons (Fsp3) is 1.00. The monoisotopic (exact) mass is 721 g/mol. The van der Waals surface area contributed by atoms with Gasteiger partial charge >= 0.3 is 0 Å². The Morgan fingerprint density at radius 2 is 1.08 bits per heavy atom. The summed E-state index contributed by atoms with van der Waals surface area (Å²) < 4.78 is 10.5. The number of hydrogen-bond acceptors (Lipinski definition) is 7. The van der Waals surface area contributed by atoms with E-state index in [1.165, 1.54) is 57.8 Å². The summed E-state index contributed by atoms with van der Waals surface area (Å²) in [5.74, 6) is 3.14. The van der Waals surface area contributed by atoms with Gasteiger partial charge in [-0.25, -0.2) is 0 Å². The molecule has 9 unspecified atom stereocenters. The number of aliphatic hydroxyl groups is 5. The summed E-state index contributed by atoms with van der Waals surface area (Å²) in [5, 5.41) is 45.7. The fourth-order valence-corrected chi connectivity index (χ4v) is 6.13. The molecule has 9 atom stereocenters. The summed E-state index contributed by atoms with van der Waals surface area (Å²) in [4.78, 5) is 0. The number of unbranched alkanes of at least 4 members (excludes halogenated alkanes) is 2. The lowest BCUT2D eigenvalue weighted by Crippen LogP contribution is -2.27. The van der Waals surface area contributed by atoms with Crippen molar-refractivity contribution in [2.24, 2.45) is 29.6 Å². The van der Waals surface area contributed by atoms with Gasteiger partial charge < -0.3 is 35.0 Å². The third-order valence-corrected chi connectivity index (χ3v) is 10.2. The van der Waals surface area contributed by atoms with Gasteiger partial charge in [-0.2, -0.15) is 0 Å². The van der Waals surface area contributed by atoms with Gasteiger partial charge in [-0.05, 0) is 94.3 Å². The lowest BCUT2D eigenvalue weighted by molar-refractivity contribution is 0.0340. The van der Waals surface area contributed by atoms with Gasteiger partial charge in [-0.15, -0.1) is 0 Å². The van der Waals surface area contributed by atoms with Gasteiger partial charge in [0.2, 0.25) is 0 Å². The zero-order chi connectivity index (χ0) is 38.6. The van der Waals surface area contributed by atoms with E-state index < -0.39 is 0 Å². The Hall–Kier alpha value is -0.280. The van der Waals surface area contributed by atoms with E-state index in [0.717, 1.165) is 89.3 Å².